The molecule has 0 amide bonds. The summed E-state index contributed by atoms with van der Waals surface area (Å²) in [5, 5.41) is 9.01. The van der Waals surface area contributed by atoms with E-state index in [-0.39, 0.29) is 0 Å². The quantitative estimate of drug-likeness (QED) is 0.104. The van der Waals surface area contributed by atoms with Gasteiger partial charge in [0.05, 0.1) is 18.4 Å². The van der Waals surface area contributed by atoms with Gasteiger partial charge in [-0.2, -0.15) is 79.0 Å². The minimum Gasteiger partial charge on any atom is -0.476 e. The number of aliphatic hydroxyl groups is 1. The van der Waals surface area contributed by atoms with Gasteiger partial charge >= 0.3 is 54.6 Å². The van der Waals surface area contributed by atoms with Gasteiger partial charge in [-0.3, -0.25) is 0 Å². The van der Waals surface area contributed by atoms with Gasteiger partial charge in [-0.15, -0.1) is 0 Å². The molecule has 1 N–H and O–H groups in total. The largest absolute Gasteiger partial charge is 0.476 e. The summed E-state index contributed by atoms with van der Waals surface area (Å²) < 4.78 is 257. The number of esters is 2. The minimum atomic E-state index is -6.60. The van der Waals surface area contributed by atoms with Crippen LogP contribution in [0.15, 0.2) is 24.0 Å². The molecule has 0 unspecified atom stereocenters. The van der Waals surface area contributed by atoms with Gasteiger partial charge in [-0.25, -0.2) is 9.59 Å². The lowest BCUT2D eigenvalue weighted by Gasteiger charge is -2.48. The predicted molar refractivity (Wildman–Crippen MR) is 124 cm³/mol. The second-order valence-corrected chi connectivity index (χ2v) is 10.8. The number of alkyl halides is 18. The van der Waals surface area contributed by atoms with Crippen LogP contribution in [0, 0.1) is 11.8 Å². The molecule has 0 radical (unpaired) electrons. The van der Waals surface area contributed by atoms with E-state index in [1.807, 2.05) is 0 Å². The topological polar surface area (TPSA) is 82.1 Å². The van der Waals surface area contributed by atoms with E-state index in [1.54, 1.807) is 0 Å². The molecule has 0 saturated heterocycles. The van der Waals surface area contributed by atoms with Crippen molar-refractivity contribution in [2.45, 2.75) is 99.8 Å². The number of hydrogen-bond donors (Lipinski definition) is 1. The molecule has 49 heavy (non-hydrogen) atoms. The van der Waals surface area contributed by atoms with Crippen LogP contribution in [-0.2, 0) is 23.8 Å². The first-order valence-electron chi connectivity index (χ1n) is 13.1. The Morgan fingerprint density at radius 3 is 1.29 bits per heavy atom. The normalized spacial score (nSPS) is 19.7. The van der Waals surface area contributed by atoms with E-state index in [0.717, 1.165) is 0 Å². The van der Waals surface area contributed by atoms with E-state index in [0.29, 0.717) is 13.8 Å². The molecule has 1 saturated carbocycles. The maximum Gasteiger partial charge on any atom is 0.437 e. The standard InChI is InChI=1S/C25H24F18O6/c1-11(2)15(44)49-19(24(38,39)40,25(41,42)43)14-6-4-13(5-7-14)18(22(32,33)34,23(35,36)37)48-10-12(3)16(45)47-9-8-17(46,20(26,27)28)21(29,30)31/h10,13-14,46H,1,4-9H2,2-3H3/b12-10+. The number of rotatable bonds is 10. The third kappa shape index (κ3) is 8.46. The summed E-state index contributed by atoms with van der Waals surface area (Å²) in [7, 11) is 0. The Balaban J connectivity index is 3.48. The van der Waals surface area contributed by atoms with Crippen LogP contribution in [-0.4, -0.2) is 77.5 Å². The van der Waals surface area contributed by atoms with Crippen LogP contribution in [0.25, 0.3) is 0 Å². The van der Waals surface area contributed by atoms with Crippen molar-refractivity contribution < 1.29 is 108 Å². The molecule has 0 aromatic heterocycles. The average Bonchev–Trinajstić information content (AvgIpc) is 2.87. The molecule has 0 heterocycles. The van der Waals surface area contributed by atoms with Gasteiger partial charge in [-0.1, -0.05) is 6.58 Å². The summed E-state index contributed by atoms with van der Waals surface area (Å²) in [5.74, 6) is -10.4. The van der Waals surface area contributed by atoms with E-state index >= 15 is 0 Å². The SMILES string of the molecule is C=C(C)C(=O)OC(C1CCC(C(O/C=C(\C)C(=O)OCCC(O)(C(F)(F)F)C(F)(F)F)(C(F)(F)F)C(F)(F)F)CC1)(C(F)(F)F)C(F)(F)F. The Morgan fingerprint density at radius 1 is 0.633 bits per heavy atom. The molecule has 0 atom stereocenters. The zero-order chi connectivity index (χ0) is 39.0. The van der Waals surface area contributed by atoms with Crippen molar-refractivity contribution in [1.29, 1.82) is 0 Å². The van der Waals surface area contributed by atoms with E-state index in [1.165, 1.54) is 0 Å². The summed E-state index contributed by atoms with van der Waals surface area (Å²) in [6, 6.07) is 0. The summed E-state index contributed by atoms with van der Waals surface area (Å²) >= 11 is 0. The van der Waals surface area contributed by atoms with Crippen LogP contribution in [0.1, 0.15) is 46.0 Å². The lowest BCUT2D eigenvalue weighted by atomic mass is 9.67. The fourth-order valence-electron chi connectivity index (χ4n) is 4.89. The number of carbonyl (C=O) groups is 2. The summed E-state index contributed by atoms with van der Waals surface area (Å²) in [5.41, 5.74) is -18.8. The summed E-state index contributed by atoms with van der Waals surface area (Å²) in [6.07, 6.45) is -49.1. The summed E-state index contributed by atoms with van der Waals surface area (Å²) in [4.78, 5) is 23.8. The Hall–Kier alpha value is -3.08. The monoisotopic (exact) mass is 762 g/mol. The van der Waals surface area contributed by atoms with Crippen molar-refractivity contribution >= 4 is 11.9 Å². The van der Waals surface area contributed by atoms with Gasteiger partial charge in [-0.05, 0) is 39.5 Å². The van der Waals surface area contributed by atoms with Crippen molar-refractivity contribution in [3.05, 3.63) is 24.0 Å². The van der Waals surface area contributed by atoms with Crippen molar-refractivity contribution in [3.8, 4) is 0 Å². The number of hydrogen-bond acceptors (Lipinski definition) is 6. The molecule has 0 aliphatic heterocycles. The number of carbonyl (C=O) groups excluding carboxylic acids is 2. The van der Waals surface area contributed by atoms with Crippen LogP contribution in [0.5, 0.6) is 0 Å². The Bertz CT molecular complexity index is 1190. The Kier molecular flexibility index (Phi) is 12.5. The van der Waals surface area contributed by atoms with E-state index in [4.69, 9.17) is 5.11 Å². The highest BCUT2D eigenvalue weighted by Gasteiger charge is 2.80. The molecule has 1 fully saturated rings. The van der Waals surface area contributed by atoms with E-state index in [2.05, 4.69) is 20.8 Å². The van der Waals surface area contributed by atoms with Crippen LogP contribution >= 0.6 is 0 Å². The second-order valence-electron chi connectivity index (χ2n) is 10.8. The highest BCUT2D eigenvalue weighted by Crippen LogP contribution is 2.59. The van der Waals surface area contributed by atoms with Gasteiger partial charge in [0.2, 0.25) is 0 Å². The van der Waals surface area contributed by atoms with Crippen LogP contribution < -0.4 is 0 Å². The maximum absolute atomic E-state index is 14.2. The highest BCUT2D eigenvalue weighted by molar-refractivity contribution is 5.87. The van der Waals surface area contributed by atoms with Crippen molar-refractivity contribution in [3.63, 3.8) is 0 Å². The third-order valence-electron chi connectivity index (χ3n) is 7.54. The fourth-order valence-corrected chi connectivity index (χ4v) is 4.89. The molecule has 24 heteroatoms. The second kappa shape index (κ2) is 13.9. The molecule has 0 aromatic rings. The molecule has 1 aliphatic rings. The zero-order valence-electron chi connectivity index (χ0n) is 24.5. The molecule has 0 spiro atoms. The lowest BCUT2D eigenvalue weighted by Crippen LogP contribution is -2.66. The first-order chi connectivity index (χ1) is 21.5. The Labute approximate surface area is 263 Å². The van der Waals surface area contributed by atoms with Gasteiger partial charge in [0.1, 0.15) is 0 Å². The Morgan fingerprint density at radius 2 is 0.980 bits per heavy atom. The van der Waals surface area contributed by atoms with Crippen LogP contribution in [0.2, 0.25) is 0 Å². The fraction of sp³-hybridized carbons (Fsp3) is 0.760. The molecular weight excluding hydrogens is 738 g/mol. The smallest absolute Gasteiger partial charge is 0.437 e. The number of ether oxygens (including phenoxy) is 3. The maximum atomic E-state index is 14.2. The van der Waals surface area contributed by atoms with Crippen LogP contribution in [0.3, 0.4) is 0 Å². The van der Waals surface area contributed by atoms with Gasteiger partial charge < -0.3 is 19.3 Å². The predicted octanol–water partition coefficient (Wildman–Crippen LogP) is 8.35. The molecule has 0 aromatic carbocycles. The number of halogens is 18. The lowest BCUT2D eigenvalue weighted by molar-refractivity contribution is -0.399. The molecule has 0 bridgehead atoms. The van der Waals surface area contributed by atoms with Crippen molar-refractivity contribution in [1.82, 2.24) is 0 Å². The molecule has 1 aliphatic carbocycles. The van der Waals surface area contributed by atoms with Gasteiger partial charge in [0.25, 0.3) is 11.2 Å². The first-order valence-corrected chi connectivity index (χ1v) is 13.1. The first kappa shape index (κ1) is 43.9. The summed E-state index contributed by atoms with van der Waals surface area (Å²) in [6.45, 7) is 1.83. The molecular formula is C25H24F18O6. The van der Waals surface area contributed by atoms with Gasteiger partial charge in [0, 0.05) is 23.8 Å². The highest BCUT2D eigenvalue weighted by atomic mass is 19.4. The molecule has 1 rings (SSSR count). The van der Waals surface area contributed by atoms with E-state index < -0.39 is 134 Å². The van der Waals surface area contributed by atoms with Crippen molar-refractivity contribution in [2.75, 3.05) is 6.61 Å². The third-order valence-corrected chi connectivity index (χ3v) is 7.54. The average molecular weight is 762 g/mol. The van der Waals surface area contributed by atoms with Crippen LogP contribution in [0.4, 0.5) is 79.0 Å². The molecule has 286 valence electrons. The van der Waals surface area contributed by atoms with Gasteiger partial charge in [0.15, 0.2) is 0 Å². The minimum absolute atomic E-state index is 0.313. The van der Waals surface area contributed by atoms with Crippen molar-refractivity contribution in [2.24, 2.45) is 11.8 Å². The zero-order valence-corrected chi connectivity index (χ0v) is 24.5. The molecule has 6 nitrogen and oxygen atoms in total. The van der Waals surface area contributed by atoms with E-state index in [9.17, 15) is 88.6 Å².